The van der Waals surface area contributed by atoms with Crippen molar-refractivity contribution in [3.05, 3.63) is 95.1 Å². The molecule has 0 aliphatic heterocycles. The summed E-state index contributed by atoms with van der Waals surface area (Å²) in [6.45, 7) is 4.50. The van der Waals surface area contributed by atoms with Crippen molar-refractivity contribution in [2.75, 3.05) is 5.32 Å². The molecule has 0 aliphatic carbocycles. The molecule has 0 aliphatic rings. The van der Waals surface area contributed by atoms with Crippen LogP contribution in [0.4, 0.5) is 5.69 Å². The van der Waals surface area contributed by atoms with Crippen molar-refractivity contribution < 1.29 is 9.53 Å². The van der Waals surface area contributed by atoms with Gasteiger partial charge in [0.2, 0.25) is 0 Å². The molecule has 0 heterocycles. The Kier molecular flexibility index (Phi) is 5.14. The van der Waals surface area contributed by atoms with Crippen LogP contribution < -0.4 is 10.1 Å². The molecule has 3 heteroatoms. The number of hydrogen-bond donors (Lipinski definition) is 1. The van der Waals surface area contributed by atoms with Crippen LogP contribution in [0.3, 0.4) is 0 Å². The highest BCUT2D eigenvalue weighted by Gasteiger charge is 2.08. The number of carbonyl (C=O) groups is 1. The Labute approximate surface area is 148 Å². The monoisotopic (exact) mass is 331 g/mol. The van der Waals surface area contributed by atoms with Gasteiger partial charge in [0.1, 0.15) is 12.4 Å². The Hall–Kier alpha value is -3.07. The summed E-state index contributed by atoms with van der Waals surface area (Å²) in [7, 11) is 0. The molecule has 0 unspecified atom stereocenters. The van der Waals surface area contributed by atoms with Crippen molar-refractivity contribution in [2.45, 2.75) is 20.5 Å². The summed E-state index contributed by atoms with van der Waals surface area (Å²) in [5.74, 6) is 0.621. The van der Waals surface area contributed by atoms with E-state index in [1.54, 1.807) is 12.1 Å². The van der Waals surface area contributed by atoms with Crippen molar-refractivity contribution >= 4 is 11.6 Å². The van der Waals surface area contributed by atoms with E-state index in [0.717, 1.165) is 28.1 Å². The molecule has 1 amide bonds. The van der Waals surface area contributed by atoms with Crippen molar-refractivity contribution in [2.24, 2.45) is 0 Å². The van der Waals surface area contributed by atoms with Gasteiger partial charge in [-0.15, -0.1) is 0 Å². The number of carbonyl (C=O) groups excluding carboxylic acids is 1. The van der Waals surface area contributed by atoms with Crippen LogP contribution in [0.5, 0.6) is 5.75 Å². The molecule has 0 atom stereocenters. The summed E-state index contributed by atoms with van der Waals surface area (Å²) >= 11 is 0. The lowest BCUT2D eigenvalue weighted by molar-refractivity contribution is 0.102. The lowest BCUT2D eigenvalue weighted by Gasteiger charge is -2.10. The Morgan fingerprint density at radius 3 is 2.36 bits per heavy atom. The molecule has 0 saturated carbocycles. The average Bonchev–Trinajstić information content (AvgIpc) is 2.64. The number of amides is 1. The van der Waals surface area contributed by atoms with Gasteiger partial charge >= 0.3 is 0 Å². The smallest absolute Gasteiger partial charge is 0.255 e. The number of ether oxygens (including phenoxy) is 1. The standard InChI is InChI=1S/C22H21NO2/c1-16-8-9-17(2)21(14-16)23-22(24)19-10-12-20(13-11-19)25-15-18-6-4-3-5-7-18/h3-14H,15H2,1-2H3,(H,23,24). The van der Waals surface area contributed by atoms with Crippen molar-refractivity contribution in [1.82, 2.24) is 0 Å². The van der Waals surface area contributed by atoms with Gasteiger partial charge in [0.15, 0.2) is 0 Å². The molecule has 0 bridgehead atoms. The van der Waals surface area contributed by atoms with E-state index in [4.69, 9.17) is 4.74 Å². The maximum absolute atomic E-state index is 12.4. The van der Waals surface area contributed by atoms with Crippen LogP contribution in [-0.4, -0.2) is 5.91 Å². The number of benzene rings is 3. The minimum atomic E-state index is -0.122. The lowest BCUT2D eigenvalue weighted by atomic mass is 10.1. The summed E-state index contributed by atoms with van der Waals surface area (Å²) in [5, 5.41) is 2.96. The van der Waals surface area contributed by atoms with Gasteiger partial charge in [-0.2, -0.15) is 0 Å². The fraction of sp³-hybridized carbons (Fsp3) is 0.136. The Balaban J connectivity index is 1.63. The highest BCUT2D eigenvalue weighted by molar-refractivity contribution is 6.04. The molecule has 3 aromatic carbocycles. The zero-order valence-corrected chi connectivity index (χ0v) is 14.5. The van der Waals surface area contributed by atoms with E-state index in [1.165, 1.54) is 0 Å². The van der Waals surface area contributed by atoms with Crippen LogP contribution in [0, 0.1) is 13.8 Å². The number of hydrogen-bond acceptors (Lipinski definition) is 2. The van der Waals surface area contributed by atoms with Crippen LogP contribution in [0.15, 0.2) is 72.8 Å². The van der Waals surface area contributed by atoms with Gasteiger partial charge in [-0.05, 0) is 60.9 Å². The quantitative estimate of drug-likeness (QED) is 0.703. The molecule has 25 heavy (non-hydrogen) atoms. The number of aryl methyl sites for hydroxylation is 2. The SMILES string of the molecule is Cc1ccc(C)c(NC(=O)c2ccc(OCc3ccccc3)cc2)c1. The normalized spacial score (nSPS) is 10.3. The van der Waals surface area contributed by atoms with Crippen molar-refractivity contribution in [3.63, 3.8) is 0 Å². The summed E-state index contributed by atoms with van der Waals surface area (Å²) < 4.78 is 5.75. The third-order valence-electron chi connectivity index (χ3n) is 4.01. The van der Waals surface area contributed by atoms with Gasteiger partial charge in [-0.1, -0.05) is 42.5 Å². The van der Waals surface area contributed by atoms with Gasteiger partial charge in [0.05, 0.1) is 0 Å². The summed E-state index contributed by atoms with van der Waals surface area (Å²) in [6.07, 6.45) is 0. The van der Waals surface area contributed by atoms with E-state index in [9.17, 15) is 4.79 Å². The van der Waals surface area contributed by atoms with Crippen LogP contribution in [0.2, 0.25) is 0 Å². The van der Waals surface area contributed by atoms with E-state index >= 15 is 0 Å². The predicted molar refractivity (Wildman–Crippen MR) is 101 cm³/mol. The molecule has 3 rings (SSSR count). The number of rotatable bonds is 5. The molecular weight excluding hydrogens is 310 g/mol. The zero-order valence-electron chi connectivity index (χ0n) is 14.5. The van der Waals surface area contributed by atoms with Gasteiger partial charge in [0, 0.05) is 11.3 Å². The molecule has 0 aromatic heterocycles. The average molecular weight is 331 g/mol. The molecule has 0 saturated heterocycles. The highest BCUT2D eigenvalue weighted by atomic mass is 16.5. The minimum Gasteiger partial charge on any atom is -0.489 e. The Morgan fingerprint density at radius 1 is 0.920 bits per heavy atom. The van der Waals surface area contributed by atoms with Crippen LogP contribution in [-0.2, 0) is 6.61 Å². The summed E-state index contributed by atoms with van der Waals surface area (Å²) in [5.41, 5.74) is 4.72. The molecule has 0 radical (unpaired) electrons. The van der Waals surface area contributed by atoms with Crippen molar-refractivity contribution in [1.29, 1.82) is 0 Å². The first-order valence-corrected chi connectivity index (χ1v) is 8.27. The third-order valence-corrected chi connectivity index (χ3v) is 4.01. The van der Waals surface area contributed by atoms with Gasteiger partial charge in [-0.25, -0.2) is 0 Å². The molecule has 3 nitrogen and oxygen atoms in total. The predicted octanol–water partition coefficient (Wildman–Crippen LogP) is 5.13. The number of nitrogens with one attached hydrogen (secondary N) is 1. The van der Waals surface area contributed by atoms with Gasteiger partial charge in [-0.3, -0.25) is 4.79 Å². The maximum Gasteiger partial charge on any atom is 0.255 e. The third kappa shape index (κ3) is 4.48. The maximum atomic E-state index is 12.4. The van der Waals surface area contributed by atoms with Gasteiger partial charge in [0.25, 0.3) is 5.91 Å². The topological polar surface area (TPSA) is 38.3 Å². The Morgan fingerprint density at radius 2 is 1.64 bits per heavy atom. The first-order chi connectivity index (χ1) is 12.1. The van der Waals surface area contributed by atoms with Crippen LogP contribution in [0.25, 0.3) is 0 Å². The molecule has 126 valence electrons. The summed E-state index contributed by atoms with van der Waals surface area (Å²) in [6, 6.07) is 23.2. The van der Waals surface area contributed by atoms with Gasteiger partial charge < -0.3 is 10.1 Å². The first-order valence-electron chi connectivity index (χ1n) is 8.27. The molecule has 0 fully saturated rings. The number of anilines is 1. The molecule has 3 aromatic rings. The van der Waals surface area contributed by atoms with E-state index in [-0.39, 0.29) is 5.91 Å². The Bertz CT molecular complexity index is 855. The molecular formula is C22H21NO2. The van der Waals surface area contributed by atoms with E-state index in [1.807, 2.05) is 74.5 Å². The fourth-order valence-electron chi connectivity index (χ4n) is 2.51. The van der Waals surface area contributed by atoms with Crippen LogP contribution in [0.1, 0.15) is 27.0 Å². The second-order valence-corrected chi connectivity index (χ2v) is 6.07. The molecule has 1 N–H and O–H groups in total. The fourth-order valence-corrected chi connectivity index (χ4v) is 2.51. The van der Waals surface area contributed by atoms with E-state index in [0.29, 0.717) is 12.2 Å². The molecule has 0 spiro atoms. The van der Waals surface area contributed by atoms with E-state index in [2.05, 4.69) is 5.32 Å². The second-order valence-electron chi connectivity index (χ2n) is 6.07. The largest absolute Gasteiger partial charge is 0.489 e. The lowest BCUT2D eigenvalue weighted by Crippen LogP contribution is -2.12. The first kappa shape index (κ1) is 16.8. The zero-order chi connectivity index (χ0) is 17.6. The minimum absolute atomic E-state index is 0.122. The van der Waals surface area contributed by atoms with E-state index < -0.39 is 0 Å². The highest BCUT2D eigenvalue weighted by Crippen LogP contribution is 2.19. The second kappa shape index (κ2) is 7.67. The van der Waals surface area contributed by atoms with Crippen LogP contribution >= 0.6 is 0 Å². The van der Waals surface area contributed by atoms with Crippen molar-refractivity contribution in [3.8, 4) is 5.75 Å². The summed E-state index contributed by atoms with van der Waals surface area (Å²) in [4.78, 5) is 12.4.